The van der Waals surface area contributed by atoms with Crippen molar-refractivity contribution in [3.8, 4) is 11.5 Å². The molecule has 37 heavy (non-hydrogen) atoms. The lowest BCUT2D eigenvalue weighted by molar-refractivity contribution is -0.129. The van der Waals surface area contributed by atoms with Gasteiger partial charge in [-0.15, -0.1) is 0 Å². The number of fused-ring (bicyclic) bond motifs is 2. The smallest absolute Gasteiger partial charge is 0.335 e. The number of esters is 1. The van der Waals surface area contributed by atoms with E-state index in [4.69, 9.17) is 14.2 Å². The molecule has 0 amide bonds. The van der Waals surface area contributed by atoms with Crippen LogP contribution in [0.15, 0.2) is 72.8 Å². The molecule has 0 aromatic heterocycles. The molecule has 2 fully saturated rings. The second-order valence-electron chi connectivity index (χ2n) is 11.0. The van der Waals surface area contributed by atoms with Crippen molar-refractivity contribution in [3.05, 3.63) is 84.0 Å². The van der Waals surface area contributed by atoms with Crippen molar-refractivity contribution in [3.63, 3.8) is 0 Å². The summed E-state index contributed by atoms with van der Waals surface area (Å²) in [6.45, 7) is 11.6. The van der Waals surface area contributed by atoms with E-state index in [1.54, 1.807) is 6.08 Å². The lowest BCUT2D eigenvalue weighted by atomic mass is 9.67. The van der Waals surface area contributed by atoms with Crippen molar-refractivity contribution < 1.29 is 19.0 Å². The number of ether oxygens (including phenoxy) is 3. The summed E-state index contributed by atoms with van der Waals surface area (Å²) >= 11 is 0. The molecular formula is C33H40O4. The summed E-state index contributed by atoms with van der Waals surface area (Å²) in [5, 5.41) is 0. The molecule has 196 valence electrons. The van der Waals surface area contributed by atoms with Gasteiger partial charge < -0.3 is 14.2 Å². The zero-order valence-corrected chi connectivity index (χ0v) is 22.8. The third kappa shape index (κ3) is 6.24. The van der Waals surface area contributed by atoms with Crippen LogP contribution in [0.25, 0.3) is 12.2 Å². The van der Waals surface area contributed by atoms with Gasteiger partial charge in [0.25, 0.3) is 0 Å². The fourth-order valence-electron chi connectivity index (χ4n) is 6.00. The maximum atomic E-state index is 12.4. The molecule has 2 bridgehead atoms. The summed E-state index contributed by atoms with van der Waals surface area (Å²) < 4.78 is 16.6. The Balaban J connectivity index is 1.24. The van der Waals surface area contributed by atoms with E-state index < -0.39 is 0 Å². The lowest BCUT2D eigenvalue weighted by Gasteiger charge is -2.38. The molecule has 4 rings (SSSR count). The molecule has 2 aliphatic rings. The van der Waals surface area contributed by atoms with Gasteiger partial charge in [-0.3, -0.25) is 0 Å². The monoisotopic (exact) mass is 500 g/mol. The van der Waals surface area contributed by atoms with Crippen LogP contribution in [0.1, 0.15) is 65.0 Å². The predicted molar refractivity (Wildman–Crippen MR) is 150 cm³/mol. The van der Waals surface area contributed by atoms with Crippen molar-refractivity contribution in [1.29, 1.82) is 0 Å². The number of allylic oxidation sites excluding steroid dienone is 3. The van der Waals surface area contributed by atoms with Gasteiger partial charge in [0, 0.05) is 12.7 Å². The van der Waals surface area contributed by atoms with E-state index in [-0.39, 0.29) is 17.7 Å². The highest BCUT2D eigenvalue weighted by molar-refractivity contribution is 5.84. The van der Waals surface area contributed by atoms with E-state index in [1.807, 2.05) is 86.7 Å². The summed E-state index contributed by atoms with van der Waals surface area (Å²) in [7, 11) is 0. The molecule has 2 aromatic carbocycles. The fraction of sp³-hybridized carbons (Fsp3) is 0.424. The first-order valence-electron chi connectivity index (χ1n) is 13.4. The van der Waals surface area contributed by atoms with E-state index in [0.29, 0.717) is 23.7 Å². The molecule has 4 unspecified atom stereocenters. The van der Waals surface area contributed by atoms with Crippen molar-refractivity contribution >= 4 is 18.1 Å². The molecule has 4 nitrogen and oxygen atoms in total. The first-order chi connectivity index (χ1) is 17.7. The normalized spacial score (nSPS) is 25.3. The van der Waals surface area contributed by atoms with Crippen LogP contribution < -0.4 is 9.47 Å². The van der Waals surface area contributed by atoms with Crippen LogP contribution in [-0.2, 0) is 9.53 Å². The Morgan fingerprint density at radius 2 is 1.57 bits per heavy atom. The lowest BCUT2D eigenvalue weighted by Crippen LogP contribution is -2.31. The van der Waals surface area contributed by atoms with Crippen LogP contribution in [0.2, 0.25) is 0 Å². The van der Waals surface area contributed by atoms with E-state index in [1.165, 1.54) is 19.3 Å². The molecule has 4 heteroatoms. The molecular weight excluding hydrogens is 460 g/mol. The SMILES string of the molecule is CCOC(C)Oc1ccc(C=CC=Cc2ccc(OC(=O)C=CC3CC4CCC3(C)C4(C)C)cc2)cc1. The zero-order chi connectivity index (χ0) is 26.5. The van der Waals surface area contributed by atoms with Gasteiger partial charge in [0.1, 0.15) is 11.5 Å². The predicted octanol–water partition coefficient (Wildman–Crippen LogP) is 8.10. The Morgan fingerprint density at radius 3 is 2.08 bits per heavy atom. The van der Waals surface area contributed by atoms with Crippen LogP contribution in [0.3, 0.4) is 0 Å². The van der Waals surface area contributed by atoms with Gasteiger partial charge in [-0.1, -0.05) is 75.4 Å². The summed E-state index contributed by atoms with van der Waals surface area (Å²) in [5.74, 6) is 2.24. The molecule has 4 atom stereocenters. The van der Waals surface area contributed by atoms with Gasteiger partial charge in [0.2, 0.25) is 0 Å². The minimum Gasteiger partial charge on any atom is -0.465 e. The van der Waals surface area contributed by atoms with Crippen LogP contribution in [0.5, 0.6) is 11.5 Å². The maximum absolute atomic E-state index is 12.4. The van der Waals surface area contributed by atoms with Gasteiger partial charge >= 0.3 is 5.97 Å². The van der Waals surface area contributed by atoms with E-state index in [2.05, 4.69) is 26.8 Å². The number of rotatable bonds is 10. The Bertz CT molecular complexity index is 1140. The van der Waals surface area contributed by atoms with Crippen LogP contribution in [0.4, 0.5) is 0 Å². The molecule has 0 spiro atoms. The van der Waals surface area contributed by atoms with Crippen LogP contribution in [-0.4, -0.2) is 18.9 Å². The minimum atomic E-state index is -0.306. The highest BCUT2D eigenvalue weighted by Crippen LogP contribution is 2.68. The number of carbonyl (C=O) groups excluding carboxylic acids is 1. The number of hydrogen-bond acceptors (Lipinski definition) is 4. The van der Waals surface area contributed by atoms with Gasteiger partial charge in [0.05, 0.1) is 0 Å². The highest BCUT2D eigenvalue weighted by atomic mass is 16.7. The molecule has 2 aliphatic carbocycles. The summed E-state index contributed by atoms with van der Waals surface area (Å²) in [4.78, 5) is 12.4. The number of hydrogen-bond donors (Lipinski definition) is 0. The quantitative estimate of drug-likeness (QED) is 0.109. The van der Waals surface area contributed by atoms with Crippen LogP contribution in [0, 0.1) is 22.7 Å². The Kier molecular flexibility index (Phi) is 8.39. The molecule has 0 aliphatic heterocycles. The molecule has 0 saturated heterocycles. The third-order valence-electron chi connectivity index (χ3n) is 8.70. The largest absolute Gasteiger partial charge is 0.465 e. The molecule has 0 N–H and O–H groups in total. The van der Waals surface area contributed by atoms with Gasteiger partial charge in [-0.25, -0.2) is 4.79 Å². The summed E-state index contributed by atoms with van der Waals surface area (Å²) in [6, 6.07) is 15.4. The van der Waals surface area contributed by atoms with Crippen molar-refractivity contribution in [2.24, 2.45) is 22.7 Å². The second-order valence-corrected chi connectivity index (χ2v) is 11.0. The molecule has 0 radical (unpaired) electrons. The molecule has 2 saturated carbocycles. The number of carbonyl (C=O) groups is 1. The van der Waals surface area contributed by atoms with Gasteiger partial charge in [-0.2, -0.15) is 0 Å². The topological polar surface area (TPSA) is 44.8 Å². The third-order valence-corrected chi connectivity index (χ3v) is 8.70. The zero-order valence-electron chi connectivity index (χ0n) is 22.8. The summed E-state index contributed by atoms with van der Waals surface area (Å²) in [6.07, 6.45) is 15.2. The molecule has 0 heterocycles. The minimum absolute atomic E-state index is 0.260. The van der Waals surface area contributed by atoms with Crippen LogP contribution >= 0.6 is 0 Å². The number of benzene rings is 2. The maximum Gasteiger partial charge on any atom is 0.335 e. The van der Waals surface area contributed by atoms with Crippen molar-refractivity contribution in [2.75, 3.05) is 6.61 Å². The van der Waals surface area contributed by atoms with Crippen molar-refractivity contribution in [1.82, 2.24) is 0 Å². The Labute approximate surface area is 222 Å². The molecule has 2 aromatic rings. The average Bonchev–Trinajstić information content (AvgIpc) is 3.21. The van der Waals surface area contributed by atoms with E-state index in [9.17, 15) is 4.79 Å². The first kappa shape index (κ1) is 26.9. The Morgan fingerprint density at radius 1 is 0.973 bits per heavy atom. The Hall–Kier alpha value is -3.11. The fourth-order valence-corrected chi connectivity index (χ4v) is 6.00. The first-order valence-corrected chi connectivity index (χ1v) is 13.4. The highest BCUT2D eigenvalue weighted by Gasteiger charge is 2.60. The summed E-state index contributed by atoms with van der Waals surface area (Å²) in [5.41, 5.74) is 2.73. The standard InChI is InChI=1S/C33H40O4/c1-6-35-24(2)36-29-16-11-25(12-17-29)9-7-8-10-26-13-18-30(19-14-26)37-31(34)20-15-28-23-27-21-22-33(28,5)32(27,3)4/h7-20,24,27-28H,6,21-23H2,1-5H3. The van der Waals surface area contributed by atoms with Crippen molar-refractivity contribution in [2.45, 2.75) is 60.2 Å². The van der Waals surface area contributed by atoms with E-state index in [0.717, 1.165) is 22.8 Å². The average molecular weight is 501 g/mol. The van der Waals surface area contributed by atoms with E-state index >= 15 is 0 Å². The van der Waals surface area contributed by atoms with Gasteiger partial charge in [-0.05, 0) is 91.2 Å². The van der Waals surface area contributed by atoms with Gasteiger partial charge in [0.15, 0.2) is 6.29 Å². The second kappa shape index (κ2) is 11.5.